The number of ketones is 1. The SMILES string of the molecule is COc1ccc(NC(=O)Cn2cc(C(=O)c3ccc(F)cc3)c(=O)c3ccccc32)c(OC)c1. The smallest absolute Gasteiger partial charge is 0.244 e. The van der Waals surface area contributed by atoms with Crippen LogP contribution in [-0.2, 0) is 11.3 Å². The van der Waals surface area contributed by atoms with Crippen LogP contribution in [0.1, 0.15) is 15.9 Å². The van der Waals surface area contributed by atoms with E-state index < -0.39 is 22.9 Å². The third-order valence-electron chi connectivity index (χ3n) is 5.34. The van der Waals surface area contributed by atoms with Gasteiger partial charge in [-0.1, -0.05) is 12.1 Å². The Bertz CT molecular complexity index is 1440. The second kappa shape index (κ2) is 9.58. The van der Waals surface area contributed by atoms with Crippen LogP contribution in [0.5, 0.6) is 11.5 Å². The van der Waals surface area contributed by atoms with E-state index in [0.717, 1.165) is 12.1 Å². The lowest BCUT2D eigenvalue weighted by Gasteiger charge is -2.15. The molecular formula is C26H21FN2O5. The van der Waals surface area contributed by atoms with Crippen molar-refractivity contribution >= 4 is 28.3 Å². The van der Waals surface area contributed by atoms with Gasteiger partial charge in [0.25, 0.3) is 0 Å². The second-order valence-corrected chi connectivity index (χ2v) is 7.47. The first kappa shape index (κ1) is 22.7. The highest BCUT2D eigenvalue weighted by molar-refractivity contribution is 6.10. The van der Waals surface area contributed by atoms with Crippen LogP contribution in [0.2, 0.25) is 0 Å². The predicted octanol–water partition coefficient (Wildman–Crippen LogP) is 4.03. The van der Waals surface area contributed by atoms with Gasteiger partial charge in [0.2, 0.25) is 11.3 Å². The van der Waals surface area contributed by atoms with Gasteiger partial charge in [-0.25, -0.2) is 4.39 Å². The maximum atomic E-state index is 13.3. The van der Waals surface area contributed by atoms with Crippen LogP contribution >= 0.6 is 0 Å². The van der Waals surface area contributed by atoms with Gasteiger partial charge in [-0.05, 0) is 48.5 Å². The van der Waals surface area contributed by atoms with Crippen LogP contribution in [0.4, 0.5) is 10.1 Å². The number of ether oxygens (including phenoxy) is 2. The van der Waals surface area contributed by atoms with E-state index >= 15 is 0 Å². The van der Waals surface area contributed by atoms with E-state index in [1.165, 1.54) is 32.5 Å². The average molecular weight is 460 g/mol. The summed E-state index contributed by atoms with van der Waals surface area (Å²) in [7, 11) is 3.01. The van der Waals surface area contributed by atoms with Crippen molar-refractivity contribution in [3.63, 3.8) is 0 Å². The molecule has 0 fully saturated rings. The first-order valence-electron chi connectivity index (χ1n) is 10.4. The van der Waals surface area contributed by atoms with Crippen molar-refractivity contribution in [1.29, 1.82) is 0 Å². The van der Waals surface area contributed by atoms with E-state index in [2.05, 4.69) is 5.32 Å². The zero-order chi connectivity index (χ0) is 24.2. The van der Waals surface area contributed by atoms with Crippen LogP contribution in [0.25, 0.3) is 10.9 Å². The van der Waals surface area contributed by atoms with E-state index in [1.807, 2.05) is 0 Å². The number of aromatic nitrogens is 1. The standard InChI is InChI=1S/C26H21FN2O5/c1-33-18-11-12-21(23(13-18)34-2)28-24(30)15-29-14-20(25(31)16-7-9-17(27)10-8-16)26(32)19-5-3-4-6-22(19)29/h3-14H,15H2,1-2H3,(H,28,30). The molecule has 172 valence electrons. The summed E-state index contributed by atoms with van der Waals surface area (Å²) in [5.41, 5.74) is 0.549. The van der Waals surface area contributed by atoms with Crippen molar-refractivity contribution in [3.8, 4) is 11.5 Å². The van der Waals surface area contributed by atoms with Crippen LogP contribution < -0.4 is 20.2 Å². The van der Waals surface area contributed by atoms with Crippen LogP contribution in [-0.4, -0.2) is 30.5 Å². The van der Waals surface area contributed by atoms with Crippen molar-refractivity contribution in [2.75, 3.05) is 19.5 Å². The molecular weight excluding hydrogens is 439 g/mol. The molecule has 4 aromatic rings. The maximum absolute atomic E-state index is 13.3. The molecule has 0 unspecified atom stereocenters. The molecule has 1 N–H and O–H groups in total. The Labute approximate surface area is 194 Å². The van der Waals surface area contributed by atoms with E-state index in [9.17, 15) is 18.8 Å². The molecule has 1 aromatic heterocycles. The lowest BCUT2D eigenvalue weighted by atomic mass is 10.0. The third-order valence-corrected chi connectivity index (χ3v) is 5.34. The number of anilines is 1. The maximum Gasteiger partial charge on any atom is 0.244 e. The minimum Gasteiger partial charge on any atom is -0.497 e. The average Bonchev–Trinajstić information content (AvgIpc) is 2.86. The lowest BCUT2D eigenvalue weighted by molar-refractivity contribution is -0.116. The topological polar surface area (TPSA) is 86.6 Å². The van der Waals surface area contributed by atoms with Gasteiger partial charge in [0.05, 0.1) is 31.0 Å². The van der Waals surface area contributed by atoms with E-state index in [-0.39, 0.29) is 17.7 Å². The van der Waals surface area contributed by atoms with Crippen molar-refractivity contribution in [2.24, 2.45) is 0 Å². The van der Waals surface area contributed by atoms with E-state index in [1.54, 1.807) is 47.0 Å². The molecule has 0 saturated heterocycles. The monoisotopic (exact) mass is 460 g/mol. The number of fused-ring (bicyclic) bond motifs is 1. The number of hydrogen-bond donors (Lipinski definition) is 1. The normalized spacial score (nSPS) is 10.7. The molecule has 0 atom stereocenters. The molecule has 0 saturated carbocycles. The Kier molecular flexibility index (Phi) is 6.40. The van der Waals surface area contributed by atoms with Crippen molar-refractivity contribution < 1.29 is 23.5 Å². The molecule has 0 radical (unpaired) electrons. The van der Waals surface area contributed by atoms with Gasteiger partial charge in [-0.2, -0.15) is 0 Å². The largest absolute Gasteiger partial charge is 0.497 e. The number of carbonyl (C=O) groups excluding carboxylic acids is 2. The summed E-state index contributed by atoms with van der Waals surface area (Å²) in [6.07, 6.45) is 1.36. The van der Waals surface area contributed by atoms with Crippen LogP contribution in [0.15, 0.2) is 77.7 Å². The number of rotatable bonds is 7. The highest BCUT2D eigenvalue weighted by atomic mass is 19.1. The zero-order valence-electron chi connectivity index (χ0n) is 18.5. The molecule has 34 heavy (non-hydrogen) atoms. The third kappa shape index (κ3) is 4.52. The van der Waals surface area contributed by atoms with Crippen molar-refractivity contribution in [2.45, 2.75) is 6.54 Å². The molecule has 7 nitrogen and oxygen atoms in total. The Morgan fingerprint density at radius 3 is 2.41 bits per heavy atom. The van der Waals surface area contributed by atoms with Gasteiger partial charge < -0.3 is 19.4 Å². The van der Waals surface area contributed by atoms with Crippen LogP contribution in [0, 0.1) is 5.82 Å². The number of hydrogen-bond acceptors (Lipinski definition) is 5. The summed E-state index contributed by atoms with van der Waals surface area (Å²) in [5, 5.41) is 3.08. The number of para-hydroxylation sites is 1. The summed E-state index contributed by atoms with van der Waals surface area (Å²) < 4.78 is 25.3. The summed E-state index contributed by atoms with van der Waals surface area (Å²) >= 11 is 0. The summed E-state index contributed by atoms with van der Waals surface area (Å²) in [4.78, 5) is 39.0. The lowest BCUT2D eigenvalue weighted by Crippen LogP contribution is -2.24. The molecule has 1 amide bonds. The minimum atomic E-state index is -0.554. The molecule has 0 aliphatic rings. The van der Waals surface area contributed by atoms with Gasteiger partial charge in [-0.15, -0.1) is 0 Å². The number of nitrogens with one attached hydrogen (secondary N) is 1. The molecule has 0 aliphatic carbocycles. The number of halogens is 1. The van der Waals surface area contributed by atoms with E-state index in [0.29, 0.717) is 28.1 Å². The molecule has 0 aliphatic heterocycles. The van der Waals surface area contributed by atoms with Gasteiger partial charge in [0, 0.05) is 23.2 Å². The quantitative estimate of drug-likeness (QED) is 0.421. The van der Waals surface area contributed by atoms with Gasteiger partial charge in [0.1, 0.15) is 23.9 Å². The number of nitrogens with zero attached hydrogens (tertiary/aromatic N) is 1. The molecule has 8 heteroatoms. The first-order valence-corrected chi connectivity index (χ1v) is 10.4. The number of pyridine rings is 1. The Balaban J connectivity index is 1.70. The fraction of sp³-hybridized carbons (Fsp3) is 0.115. The second-order valence-electron chi connectivity index (χ2n) is 7.47. The number of benzene rings is 3. The number of amides is 1. The predicted molar refractivity (Wildman–Crippen MR) is 126 cm³/mol. The summed E-state index contributed by atoms with van der Waals surface area (Å²) in [5.74, 6) is -0.438. The Hall–Kier alpha value is -4.46. The van der Waals surface area contributed by atoms with Gasteiger partial charge in [0.15, 0.2) is 5.78 Å². The highest BCUT2D eigenvalue weighted by Gasteiger charge is 2.18. The number of carbonyl (C=O) groups is 2. The fourth-order valence-electron chi connectivity index (χ4n) is 3.64. The molecule has 0 spiro atoms. The molecule has 4 rings (SSSR count). The van der Waals surface area contributed by atoms with E-state index in [4.69, 9.17) is 9.47 Å². The van der Waals surface area contributed by atoms with Gasteiger partial charge >= 0.3 is 0 Å². The highest BCUT2D eigenvalue weighted by Crippen LogP contribution is 2.29. The molecule has 3 aromatic carbocycles. The Morgan fingerprint density at radius 2 is 1.71 bits per heavy atom. The Morgan fingerprint density at radius 1 is 0.971 bits per heavy atom. The summed E-state index contributed by atoms with van der Waals surface area (Å²) in [6, 6.07) is 16.7. The van der Waals surface area contributed by atoms with Crippen molar-refractivity contribution in [1.82, 2.24) is 4.57 Å². The first-order chi connectivity index (χ1) is 16.4. The fourth-order valence-corrected chi connectivity index (χ4v) is 3.64. The van der Waals surface area contributed by atoms with Crippen LogP contribution in [0.3, 0.4) is 0 Å². The van der Waals surface area contributed by atoms with Crippen molar-refractivity contribution in [3.05, 3.63) is 100 Å². The number of methoxy groups -OCH3 is 2. The minimum absolute atomic E-state index is 0.111. The molecule has 1 heterocycles. The van der Waals surface area contributed by atoms with Gasteiger partial charge in [-0.3, -0.25) is 14.4 Å². The molecule has 0 bridgehead atoms. The summed E-state index contributed by atoms with van der Waals surface area (Å²) in [6.45, 7) is -0.167. The zero-order valence-corrected chi connectivity index (χ0v) is 18.5.